The molecule has 0 amide bonds. The van der Waals surface area contributed by atoms with Gasteiger partial charge in [-0.3, -0.25) is 0 Å². The number of benzene rings is 1. The van der Waals surface area contributed by atoms with Gasteiger partial charge < -0.3 is 15.1 Å². The maximum Gasteiger partial charge on any atom is 0.166 e. The van der Waals surface area contributed by atoms with Crippen LogP contribution < -0.4 is 10.4 Å². The van der Waals surface area contributed by atoms with Crippen LogP contribution in [0.25, 0.3) is 17.8 Å². The molecule has 0 atom stereocenters. The Hall–Kier alpha value is -1.58. The normalized spacial score (nSPS) is 20.4. The molecule has 0 aromatic heterocycles. The summed E-state index contributed by atoms with van der Waals surface area (Å²) in [5.74, 6) is -1.52. The first-order valence-corrected chi connectivity index (χ1v) is 7.67. The van der Waals surface area contributed by atoms with Crippen LogP contribution in [0.5, 0.6) is 0 Å². The number of hydrogen-bond acceptors (Lipinski definition) is 3. The van der Waals surface area contributed by atoms with E-state index < -0.39 is 5.79 Å². The molecule has 21 heavy (non-hydrogen) atoms. The quantitative estimate of drug-likeness (QED) is 0.802. The van der Waals surface area contributed by atoms with Gasteiger partial charge in [0.15, 0.2) is 5.79 Å². The van der Waals surface area contributed by atoms with Crippen molar-refractivity contribution in [1.29, 1.82) is 0 Å². The van der Waals surface area contributed by atoms with Crippen LogP contribution in [0, 0.1) is 0 Å². The van der Waals surface area contributed by atoms with Crippen molar-refractivity contribution in [1.82, 2.24) is 4.90 Å². The molecule has 0 bridgehead atoms. The standard InChI is InChI=1S/C18H23NO2/c1-13(2)19-10-7-14-3-4-16(11-17(14)12-19)15-5-8-18(20,21)9-6-15/h3-5,7,11-13,20-21H,6,8-10H2,1-2H3. The summed E-state index contributed by atoms with van der Waals surface area (Å²) in [4.78, 5) is 2.33. The van der Waals surface area contributed by atoms with Gasteiger partial charge in [-0.25, -0.2) is 0 Å². The Morgan fingerprint density at radius 1 is 1.14 bits per heavy atom. The van der Waals surface area contributed by atoms with Gasteiger partial charge >= 0.3 is 0 Å². The molecule has 1 aromatic rings. The minimum absolute atomic E-state index is 0.313. The molecule has 112 valence electrons. The van der Waals surface area contributed by atoms with Gasteiger partial charge in [-0.05, 0) is 47.9 Å². The summed E-state index contributed by atoms with van der Waals surface area (Å²) in [6.07, 6.45) is 7.88. The largest absolute Gasteiger partial charge is 0.371 e. The summed E-state index contributed by atoms with van der Waals surface area (Å²) in [5, 5.41) is 21.8. The van der Waals surface area contributed by atoms with Crippen molar-refractivity contribution in [2.24, 2.45) is 0 Å². The zero-order valence-electron chi connectivity index (χ0n) is 12.7. The van der Waals surface area contributed by atoms with Crippen molar-refractivity contribution < 1.29 is 10.2 Å². The van der Waals surface area contributed by atoms with Gasteiger partial charge in [0, 0.05) is 31.6 Å². The number of hydrogen-bond donors (Lipinski definition) is 2. The van der Waals surface area contributed by atoms with Crippen molar-refractivity contribution in [2.75, 3.05) is 6.54 Å². The Morgan fingerprint density at radius 3 is 2.62 bits per heavy atom. The zero-order chi connectivity index (χ0) is 15.0. The molecular weight excluding hydrogens is 262 g/mol. The second-order valence-corrected chi connectivity index (χ2v) is 6.38. The molecule has 0 unspecified atom stereocenters. The van der Waals surface area contributed by atoms with E-state index in [0.717, 1.165) is 6.54 Å². The highest BCUT2D eigenvalue weighted by Crippen LogP contribution is 2.30. The Kier molecular flexibility index (Phi) is 3.64. The fraction of sp³-hybridized carbons (Fsp3) is 0.444. The molecule has 1 heterocycles. The van der Waals surface area contributed by atoms with Gasteiger partial charge in [-0.2, -0.15) is 0 Å². The van der Waals surface area contributed by atoms with Crippen LogP contribution in [0.1, 0.15) is 38.7 Å². The maximum absolute atomic E-state index is 9.62. The molecule has 0 spiro atoms. The molecule has 2 aliphatic rings. The molecule has 1 aromatic carbocycles. The number of rotatable bonds is 2. The van der Waals surface area contributed by atoms with Crippen LogP contribution in [0.2, 0.25) is 0 Å². The second kappa shape index (κ2) is 5.32. The topological polar surface area (TPSA) is 43.7 Å². The molecule has 3 rings (SSSR count). The summed E-state index contributed by atoms with van der Waals surface area (Å²) in [7, 11) is 0. The first-order valence-electron chi connectivity index (χ1n) is 7.67. The second-order valence-electron chi connectivity index (χ2n) is 6.38. The van der Waals surface area contributed by atoms with Crippen LogP contribution >= 0.6 is 0 Å². The van der Waals surface area contributed by atoms with Gasteiger partial charge in [-0.15, -0.1) is 0 Å². The van der Waals surface area contributed by atoms with E-state index in [1.165, 1.54) is 21.6 Å². The molecule has 0 saturated heterocycles. The fourth-order valence-corrected chi connectivity index (χ4v) is 2.96. The Labute approximate surface area is 125 Å². The van der Waals surface area contributed by atoms with Gasteiger partial charge in [0.1, 0.15) is 0 Å². The van der Waals surface area contributed by atoms with Crippen molar-refractivity contribution >= 4 is 17.8 Å². The molecule has 3 nitrogen and oxygen atoms in total. The van der Waals surface area contributed by atoms with Crippen molar-refractivity contribution in [3.8, 4) is 0 Å². The molecule has 1 aliphatic carbocycles. The minimum atomic E-state index is -1.52. The van der Waals surface area contributed by atoms with Gasteiger partial charge in [0.2, 0.25) is 0 Å². The monoisotopic (exact) mass is 285 g/mol. The fourth-order valence-electron chi connectivity index (χ4n) is 2.96. The number of allylic oxidation sites excluding steroid dienone is 1. The van der Waals surface area contributed by atoms with E-state index in [-0.39, 0.29) is 0 Å². The third-order valence-corrected chi connectivity index (χ3v) is 4.42. The Morgan fingerprint density at radius 2 is 1.95 bits per heavy atom. The third kappa shape index (κ3) is 3.04. The smallest absolute Gasteiger partial charge is 0.166 e. The summed E-state index contributed by atoms with van der Waals surface area (Å²) in [6.45, 7) is 5.36. The first kappa shape index (κ1) is 14.4. The molecule has 0 saturated carbocycles. The molecule has 0 fully saturated rings. The van der Waals surface area contributed by atoms with Crippen molar-refractivity contribution in [2.45, 2.75) is 44.9 Å². The molecular formula is C18H23NO2. The average Bonchev–Trinajstić information content (AvgIpc) is 2.46. The van der Waals surface area contributed by atoms with E-state index in [4.69, 9.17) is 0 Å². The molecule has 1 aliphatic heterocycles. The lowest BCUT2D eigenvalue weighted by Gasteiger charge is -2.27. The summed E-state index contributed by atoms with van der Waals surface area (Å²) in [6, 6.07) is 7.02. The van der Waals surface area contributed by atoms with E-state index in [2.05, 4.69) is 49.2 Å². The van der Waals surface area contributed by atoms with E-state index in [9.17, 15) is 10.2 Å². The SMILES string of the molecule is CC(C)N1C=c2cc(C3=CCC(O)(O)CC3)ccc2=CC1. The first-order chi connectivity index (χ1) is 9.94. The van der Waals surface area contributed by atoms with Gasteiger partial charge in [0.05, 0.1) is 0 Å². The van der Waals surface area contributed by atoms with Crippen molar-refractivity contribution in [3.05, 3.63) is 40.3 Å². The van der Waals surface area contributed by atoms with Crippen LogP contribution in [0.15, 0.2) is 24.3 Å². The molecule has 0 radical (unpaired) electrons. The van der Waals surface area contributed by atoms with E-state index >= 15 is 0 Å². The number of nitrogens with zero attached hydrogens (tertiary/aromatic N) is 1. The maximum atomic E-state index is 9.62. The average molecular weight is 285 g/mol. The predicted octanol–water partition coefficient (Wildman–Crippen LogP) is 1.18. The number of fused-ring (bicyclic) bond motifs is 1. The predicted molar refractivity (Wildman–Crippen MR) is 85.5 cm³/mol. The molecule has 2 N–H and O–H groups in total. The third-order valence-electron chi connectivity index (χ3n) is 4.42. The highest BCUT2D eigenvalue weighted by molar-refractivity contribution is 5.67. The van der Waals surface area contributed by atoms with Crippen LogP contribution in [0.4, 0.5) is 0 Å². The van der Waals surface area contributed by atoms with Crippen molar-refractivity contribution in [3.63, 3.8) is 0 Å². The van der Waals surface area contributed by atoms with Crippen LogP contribution in [-0.4, -0.2) is 33.5 Å². The Balaban J connectivity index is 1.96. The summed E-state index contributed by atoms with van der Waals surface area (Å²) >= 11 is 0. The summed E-state index contributed by atoms with van der Waals surface area (Å²) in [5.41, 5.74) is 2.41. The number of aliphatic hydroxyl groups is 2. The van der Waals surface area contributed by atoms with E-state index in [1.807, 2.05) is 6.08 Å². The summed E-state index contributed by atoms with van der Waals surface area (Å²) < 4.78 is 0. The molecule has 3 heteroatoms. The van der Waals surface area contributed by atoms with E-state index in [1.54, 1.807) is 0 Å². The Bertz CT molecular complexity index is 686. The zero-order valence-corrected chi connectivity index (χ0v) is 12.7. The van der Waals surface area contributed by atoms with Crippen LogP contribution in [0.3, 0.4) is 0 Å². The van der Waals surface area contributed by atoms with Gasteiger partial charge in [0.25, 0.3) is 0 Å². The van der Waals surface area contributed by atoms with Gasteiger partial charge in [-0.1, -0.05) is 24.3 Å². The minimum Gasteiger partial charge on any atom is -0.371 e. The highest BCUT2D eigenvalue weighted by Gasteiger charge is 2.26. The lowest BCUT2D eigenvalue weighted by atomic mass is 9.89. The highest BCUT2D eigenvalue weighted by atomic mass is 16.5. The lowest BCUT2D eigenvalue weighted by molar-refractivity contribution is -0.163. The lowest BCUT2D eigenvalue weighted by Crippen LogP contribution is -2.38. The van der Waals surface area contributed by atoms with Crippen LogP contribution in [-0.2, 0) is 0 Å². The van der Waals surface area contributed by atoms with E-state index in [0.29, 0.717) is 25.3 Å².